The first kappa shape index (κ1) is 12.0. The molecule has 16 heavy (non-hydrogen) atoms. The smallest absolute Gasteiger partial charge is 0.417 e. The number of nitrogens with one attached hydrogen (secondary N) is 1. The van der Waals surface area contributed by atoms with Crippen LogP contribution in [-0.4, -0.2) is 17.7 Å². The summed E-state index contributed by atoms with van der Waals surface area (Å²) in [6.07, 6.45) is 0.926. The molecular formula is C11H14N2O3. The summed E-state index contributed by atoms with van der Waals surface area (Å²) in [7, 11) is 0. The minimum Gasteiger partial charge on any atom is -0.494 e. The normalized spacial score (nSPS) is 9.38. The summed E-state index contributed by atoms with van der Waals surface area (Å²) in [5.74, 6) is 1.33. The molecule has 0 aromatic carbocycles. The zero-order valence-electron chi connectivity index (χ0n) is 9.32. The lowest BCUT2D eigenvalue weighted by molar-refractivity contribution is 0.192. The fourth-order valence-electron chi connectivity index (χ4n) is 1.02. The van der Waals surface area contributed by atoms with E-state index < -0.39 is 6.09 Å². The number of hydrogen-bond acceptors (Lipinski definition) is 4. The standard InChI is InChI=1S/C11H14N2O3/c1-4-15-9-5-6-12-10(7-9)13-11(14)16-8(2)3/h5-7H,2,4H2,1,3H3,(H,12,13,14). The molecule has 0 unspecified atom stereocenters. The molecule has 0 aliphatic carbocycles. The van der Waals surface area contributed by atoms with E-state index >= 15 is 0 Å². The zero-order chi connectivity index (χ0) is 12.0. The molecule has 1 N–H and O–H groups in total. The van der Waals surface area contributed by atoms with Crippen LogP contribution in [0.4, 0.5) is 10.6 Å². The van der Waals surface area contributed by atoms with Crippen molar-refractivity contribution in [2.75, 3.05) is 11.9 Å². The van der Waals surface area contributed by atoms with Gasteiger partial charge in [-0.15, -0.1) is 0 Å². The molecule has 0 radical (unpaired) electrons. The molecule has 5 nitrogen and oxygen atoms in total. The number of allylic oxidation sites excluding steroid dienone is 1. The van der Waals surface area contributed by atoms with Gasteiger partial charge in [-0.25, -0.2) is 9.78 Å². The van der Waals surface area contributed by atoms with Gasteiger partial charge in [-0.3, -0.25) is 5.32 Å². The van der Waals surface area contributed by atoms with E-state index in [1.165, 1.54) is 0 Å². The Morgan fingerprint density at radius 1 is 1.62 bits per heavy atom. The van der Waals surface area contributed by atoms with E-state index in [9.17, 15) is 4.79 Å². The minimum atomic E-state index is -0.617. The highest BCUT2D eigenvalue weighted by Crippen LogP contribution is 2.14. The maximum Gasteiger partial charge on any atom is 0.417 e. The molecule has 86 valence electrons. The maximum absolute atomic E-state index is 11.2. The van der Waals surface area contributed by atoms with Crippen LogP contribution in [0.15, 0.2) is 30.7 Å². The number of ether oxygens (including phenoxy) is 2. The van der Waals surface area contributed by atoms with E-state index in [0.29, 0.717) is 23.9 Å². The molecule has 1 heterocycles. The number of carbonyl (C=O) groups is 1. The number of hydrogen-bond donors (Lipinski definition) is 1. The summed E-state index contributed by atoms with van der Waals surface area (Å²) >= 11 is 0. The summed E-state index contributed by atoms with van der Waals surface area (Å²) in [4.78, 5) is 15.2. The van der Waals surface area contributed by atoms with Crippen molar-refractivity contribution in [3.8, 4) is 5.75 Å². The van der Waals surface area contributed by atoms with Gasteiger partial charge >= 0.3 is 6.09 Å². The number of aromatic nitrogens is 1. The van der Waals surface area contributed by atoms with Crippen LogP contribution in [-0.2, 0) is 4.74 Å². The molecule has 1 amide bonds. The van der Waals surface area contributed by atoms with Crippen LogP contribution < -0.4 is 10.1 Å². The summed E-state index contributed by atoms with van der Waals surface area (Å²) in [6, 6.07) is 3.32. The Labute approximate surface area is 94.1 Å². The molecule has 0 fully saturated rings. The van der Waals surface area contributed by atoms with Crippen LogP contribution >= 0.6 is 0 Å². The van der Waals surface area contributed by atoms with Gasteiger partial charge in [0, 0.05) is 12.3 Å². The maximum atomic E-state index is 11.2. The first-order valence-electron chi connectivity index (χ1n) is 4.85. The van der Waals surface area contributed by atoms with Crippen molar-refractivity contribution in [1.82, 2.24) is 4.98 Å². The van der Waals surface area contributed by atoms with Crippen molar-refractivity contribution in [2.45, 2.75) is 13.8 Å². The number of anilines is 1. The van der Waals surface area contributed by atoms with Gasteiger partial charge < -0.3 is 9.47 Å². The van der Waals surface area contributed by atoms with Gasteiger partial charge in [-0.05, 0) is 19.9 Å². The summed E-state index contributed by atoms with van der Waals surface area (Å²) < 4.78 is 9.99. The van der Waals surface area contributed by atoms with Crippen molar-refractivity contribution in [1.29, 1.82) is 0 Å². The minimum absolute atomic E-state index is 0.318. The third kappa shape index (κ3) is 4.00. The summed E-state index contributed by atoms with van der Waals surface area (Å²) in [5.41, 5.74) is 0. The van der Waals surface area contributed by atoms with Gasteiger partial charge in [-0.2, -0.15) is 0 Å². The van der Waals surface area contributed by atoms with Crippen LogP contribution in [0.2, 0.25) is 0 Å². The Hall–Kier alpha value is -2.04. The van der Waals surface area contributed by atoms with Crippen LogP contribution in [0, 0.1) is 0 Å². The van der Waals surface area contributed by atoms with Gasteiger partial charge in [0.15, 0.2) is 0 Å². The quantitative estimate of drug-likeness (QED) is 0.795. The van der Waals surface area contributed by atoms with Crippen molar-refractivity contribution in [2.24, 2.45) is 0 Å². The van der Waals surface area contributed by atoms with E-state index in [2.05, 4.69) is 16.9 Å². The lowest BCUT2D eigenvalue weighted by Crippen LogP contribution is -2.13. The number of amides is 1. The molecule has 0 saturated carbocycles. The van der Waals surface area contributed by atoms with Crippen LogP contribution in [0.1, 0.15) is 13.8 Å². The molecule has 5 heteroatoms. The Morgan fingerprint density at radius 2 is 2.38 bits per heavy atom. The molecule has 0 spiro atoms. The molecule has 0 aliphatic heterocycles. The van der Waals surface area contributed by atoms with Crippen molar-refractivity contribution >= 4 is 11.9 Å². The molecule has 0 bridgehead atoms. The second kappa shape index (κ2) is 5.75. The van der Waals surface area contributed by atoms with Crippen LogP contribution in [0.25, 0.3) is 0 Å². The topological polar surface area (TPSA) is 60.5 Å². The van der Waals surface area contributed by atoms with Gasteiger partial charge in [0.05, 0.1) is 12.4 Å². The largest absolute Gasteiger partial charge is 0.494 e. The third-order valence-corrected chi connectivity index (χ3v) is 1.54. The zero-order valence-corrected chi connectivity index (χ0v) is 9.32. The highest BCUT2D eigenvalue weighted by Gasteiger charge is 2.05. The fourth-order valence-corrected chi connectivity index (χ4v) is 1.02. The van der Waals surface area contributed by atoms with Crippen molar-refractivity contribution < 1.29 is 14.3 Å². The SMILES string of the molecule is C=C(C)OC(=O)Nc1cc(OCC)ccn1. The number of carbonyl (C=O) groups excluding carboxylic acids is 1. The van der Waals surface area contributed by atoms with Crippen molar-refractivity contribution in [3.05, 3.63) is 30.7 Å². The lowest BCUT2D eigenvalue weighted by Gasteiger charge is -2.07. The number of rotatable bonds is 4. The molecule has 1 aromatic rings. The monoisotopic (exact) mass is 222 g/mol. The molecular weight excluding hydrogens is 208 g/mol. The van der Waals surface area contributed by atoms with Crippen LogP contribution in [0.5, 0.6) is 5.75 Å². The van der Waals surface area contributed by atoms with Gasteiger partial charge in [-0.1, -0.05) is 6.58 Å². The Morgan fingerprint density at radius 3 is 3.00 bits per heavy atom. The predicted octanol–water partition coefficient (Wildman–Crippen LogP) is 2.56. The van der Waals surface area contributed by atoms with E-state index in [4.69, 9.17) is 9.47 Å². The summed E-state index contributed by atoms with van der Waals surface area (Å²) in [6.45, 7) is 7.48. The summed E-state index contributed by atoms with van der Waals surface area (Å²) in [5, 5.41) is 2.46. The average molecular weight is 222 g/mol. The van der Waals surface area contributed by atoms with E-state index in [1.54, 1.807) is 25.3 Å². The van der Waals surface area contributed by atoms with E-state index in [1.807, 2.05) is 6.92 Å². The number of pyridine rings is 1. The van der Waals surface area contributed by atoms with Gasteiger partial charge in [0.25, 0.3) is 0 Å². The second-order valence-electron chi connectivity index (χ2n) is 3.03. The fraction of sp³-hybridized carbons (Fsp3) is 0.273. The molecule has 1 rings (SSSR count). The Kier molecular flexibility index (Phi) is 4.32. The molecule has 1 aromatic heterocycles. The van der Waals surface area contributed by atoms with Crippen molar-refractivity contribution in [3.63, 3.8) is 0 Å². The highest BCUT2D eigenvalue weighted by molar-refractivity contribution is 5.84. The molecule has 0 saturated heterocycles. The average Bonchev–Trinajstić information content (AvgIpc) is 2.17. The predicted molar refractivity (Wildman–Crippen MR) is 60.3 cm³/mol. The number of nitrogens with zero attached hydrogens (tertiary/aromatic N) is 1. The lowest BCUT2D eigenvalue weighted by atomic mass is 10.4. The van der Waals surface area contributed by atoms with Crippen LogP contribution in [0.3, 0.4) is 0 Å². The second-order valence-corrected chi connectivity index (χ2v) is 3.03. The Balaban J connectivity index is 2.62. The van der Waals surface area contributed by atoms with E-state index in [0.717, 1.165) is 0 Å². The first-order valence-corrected chi connectivity index (χ1v) is 4.85. The Bertz CT molecular complexity index is 391. The van der Waals surface area contributed by atoms with E-state index in [-0.39, 0.29) is 0 Å². The first-order chi connectivity index (χ1) is 7.61. The molecule has 0 aliphatic rings. The third-order valence-electron chi connectivity index (χ3n) is 1.54. The van der Waals surface area contributed by atoms with Gasteiger partial charge in [0.2, 0.25) is 0 Å². The highest BCUT2D eigenvalue weighted by atomic mass is 16.6. The van der Waals surface area contributed by atoms with Gasteiger partial charge in [0.1, 0.15) is 11.6 Å². The molecule has 0 atom stereocenters.